The molecule has 26 heavy (non-hydrogen) atoms. The zero-order valence-corrected chi connectivity index (χ0v) is 15.6. The first-order chi connectivity index (χ1) is 12.4. The quantitative estimate of drug-likeness (QED) is 0.857. The zero-order chi connectivity index (χ0) is 18.4. The third-order valence-corrected chi connectivity index (χ3v) is 7.60. The molecule has 1 saturated heterocycles. The van der Waals surface area contributed by atoms with Gasteiger partial charge in [-0.25, -0.2) is 17.9 Å². The van der Waals surface area contributed by atoms with Crippen molar-refractivity contribution in [2.24, 2.45) is 0 Å². The number of aromatic nitrogens is 3. The van der Waals surface area contributed by atoms with Crippen molar-refractivity contribution < 1.29 is 13.2 Å². The van der Waals surface area contributed by atoms with E-state index in [-0.39, 0.29) is 11.9 Å². The van der Waals surface area contributed by atoms with Crippen molar-refractivity contribution in [3.8, 4) is 0 Å². The lowest BCUT2D eigenvalue weighted by Crippen LogP contribution is -2.51. The molecule has 2 aliphatic rings. The Morgan fingerprint density at radius 2 is 2.08 bits per heavy atom. The second-order valence-corrected chi connectivity index (χ2v) is 9.63. The van der Waals surface area contributed by atoms with E-state index in [0.717, 1.165) is 24.9 Å². The molecule has 3 heterocycles. The Balaban J connectivity index is 1.46. The third-order valence-electron chi connectivity index (χ3n) is 5.59. The first kappa shape index (κ1) is 17.3. The molecule has 1 saturated carbocycles. The van der Waals surface area contributed by atoms with Gasteiger partial charge in [-0.15, -0.1) is 5.10 Å². The molecule has 4 rings (SSSR count). The Morgan fingerprint density at radius 3 is 2.81 bits per heavy atom. The molecule has 1 aliphatic heterocycles. The highest BCUT2D eigenvalue weighted by Crippen LogP contribution is 2.38. The molecule has 1 amide bonds. The van der Waals surface area contributed by atoms with Gasteiger partial charge in [-0.3, -0.25) is 4.79 Å². The highest BCUT2D eigenvalue weighted by atomic mass is 32.2. The molecule has 1 unspecified atom stereocenters. The van der Waals surface area contributed by atoms with E-state index in [2.05, 4.69) is 15.4 Å². The summed E-state index contributed by atoms with van der Waals surface area (Å²) in [6.07, 6.45) is 7.92. The Morgan fingerprint density at radius 1 is 1.31 bits per heavy atom. The smallest absolute Gasteiger partial charge is 0.244 e. The van der Waals surface area contributed by atoms with Crippen molar-refractivity contribution in [1.29, 1.82) is 0 Å². The third kappa shape index (κ3) is 2.84. The Kier molecular flexibility index (Phi) is 4.13. The molecule has 2 aromatic heterocycles. The van der Waals surface area contributed by atoms with Crippen LogP contribution < -0.4 is 5.32 Å². The molecule has 0 spiro atoms. The van der Waals surface area contributed by atoms with E-state index in [9.17, 15) is 13.2 Å². The monoisotopic (exact) mass is 377 g/mol. The molecular formula is C17H23N5O3S. The Bertz CT molecular complexity index is 933. The minimum Gasteiger partial charge on any atom is -0.364 e. The number of nitrogens with one attached hydrogen (secondary N) is 1. The van der Waals surface area contributed by atoms with Crippen LogP contribution in [0.4, 0.5) is 5.82 Å². The molecule has 0 aromatic carbocycles. The van der Waals surface area contributed by atoms with Gasteiger partial charge in [-0.05, 0) is 31.4 Å². The van der Waals surface area contributed by atoms with Crippen molar-refractivity contribution in [3.05, 3.63) is 24.5 Å². The van der Waals surface area contributed by atoms with Crippen LogP contribution in [0.2, 0.25) is 0 Å². The number of fused-ring (bicyclic) bond motifs is 1. The maximum Gasteiger partial charge on any atom is 0.244 e. The molecule has 2 aromatic rings. The van der Waals surface area contributed by atoms with Gasteiger partial charge in [0.2, 0.25) is 5.91 Å². The van der Waals surface area contributed by atoms with E-state index in [1.165, 1.54) is 6.26 Å². The highest BCUT2D eigenvalue weighted by Gasteiger charge is 2.52. The van der Waals surface area contributed by atoms with Crippen molar-refractivity contribution in [2.75, 3.05) is 24.7 Å². The predicted molar refractivity (Wildman–Crippen MR) is 97.6 cm³/mol. The first-order valence-electron chi connectivity index (χ1n) is 8.95. The van der Waals surface area contributed by atoms with Gasteiger partial charge in [0.1, 0.15) is 5.82 Å². The van der Waals surface area contributed by atoms with Crippen molar-refractivity contribution in [1.82, 2.24) is 19.5 Å². The van der Waals surface area contributed by atoms with E-state index in [1.807, 2.05) is 12.1 Å². The number of anilines is 1. The number of amides is 1. The van der Waals surface area contributed by atoms with E-state index >= 15 is 0 Å². The predicted octanol–water partition coefficient (Wildman–Crippen LogP) is 1.10. The van der Waals surface area contributed by atoms with Crippen LogP contribution in [0, 0.1) is 0 Å². The van der Waals surface area contributed by atoms with E-state index < -0.39 is 14.6 Å². The average molecular weight is 377 g/mol. The fourth-order valence-corrected chi connectivity index (χ4v) is 5.62. The lowest BCUT2D eigenvalue weighted by molar-refractivity contribution is -0.132. The molecule has 8 nitrogen and oxygen atoms in total. The summed E-state index contributed by atoms with van der Waals surface area (Å²) in [6.45, 7) is 1.07. The number of hydrogen-bond acceptors (Lipinski definition) is 6. The molecule has 0 bridgehead atoms. The number of likely N-dealkylation sites (tertiary alicyclic amines) is 1. The van der Waals surface area contributed by atoms with Crippen LogP contribution in [0.3, 0.4) is 0 Å². The SMILES string of the molecule is CS(=O)(=O)C1(C(=O)N2CCC(Nc3ccc4nccn4n3)C2)CCCC1. The second-order valence-electron chi connectivity index (χ2n) is 7.30. The fourth-order valence-electron chi connectivity index (χ4n) is 4.14. The zero-order valence-electron chi connectivity index (χ0n) is 14.8. The van der Waals surface area contributed by atoms with Gasteiger partial charge in [0.15, 0.2) is 20.2 Å². The maximum absolute atomic E-state index is 13.0. The van der Waals surface area contributed by atoms with Crippen molar-refractivity contribution in [2.45, 2.75) is 42.9 Å². The number of nitrogens with zero attached hydrogens (tertiary/aromatic N) is 4. The molecule has 0 radical (unpaired) electrons. The van der Waals surface area contributed by atoms with E-state index in [0.29, 0.717) is 31.7 Å². The van der Waals surface area contributed by atoms with E-state index in [1.54, 1.807) is 21.8 Å². The summed E-state index contributed by atoms with van der Waals surface area (Å²) in [7, 11) is -3.43. The molecule has 2 fully saturated rings. The summed E-state index contributed by atoms with van der Waals surface area (Å²) in [5.41, 5.74) is 0.773. The highest BCUT2D eigenvalue weighted by molar-refractivity contribution is 7.92. The van der Waals surface area contributed by atoms with Gasteiger partial charge in [0.25, 0.3) is 0 Å². The fraction of sp³-hybridized carbons (Fsp3) is 0.588. The van der Waals surface area contributed by atoms with Crippen LogP contribution in [-0.2, 0) is 14.6 Å². The van der Waals surface area contributed by atoms with Crippen LogP contribution in [0.5, 0.6) is 0 Å². The minimum atomic E-state index is -3.43. The molecular weight excluding hydrogens is 354 g/mol. The normalized spacial score (nSPS) is 22.8. The van der Waals surface area contributed by atoms with Gasteiger partial charge in [0, 0.05) is 37.8 Å². The van der Waals surface area contributed by atoms with Crippen LogP contribution >= 0.6 is 0 Å². The lowest BCUT2D eigenvalue weighted by Gasteiger charge is -2.30. The number of imidazole rings is 1. The second kappa shape index (κ2) is 6.22. The molecule has 140 valence electrons. The maximum atomic E-state index is 13.0. The standard InChI is InChI=1S/C17H23N5O3S/c1-26(24,25)17(7-2-3-8-17)16(23)21-10-6-13(12-21)19-14-4-5-15-18-9-11-22(15)20-14/h4-5,9,11,13H,2-3,6-8,10,12H2,1H3,(H,19,20). The van der Waals surface area contributed by atoms with Crippen LogP contribution in [0.1, 0.15) is 32.1 Å². The topological polar surface area (TPSA) is 96.7 Å². The average Bonchev–Trinajstić information content (AvgIpc) is 3.33. The van der Waals surface area contributed by atoms with Gasteiger partial charge in [0.05, 0.1) is 0 Å². The number of sulfone groups is 1. The van der Waals surface area contributed by atoms with Crippen molar-refractivity contribution >= 4 is 27.2 Å². The molecule has 1 atom stereocenters. The lowest BCUT2D eigenvalue weighted by atomic mass is 10.1. The van der Waals surface area contributed by atoms with Crippen LogP contribution in [0.15, 0.2) is 24.5 Å². The van der Waals surface area contributed by atoms with Gasteiger partial charge in [-0.2, -0.15) is 0 Å². The summed E-state index contributed by atoms with van der Waals surface area (Å²) >= 11 is 0. The molecule has 1 N–H and O–H groups in total. The van der Waals surface area contributed by atoms with Gasteiger partial charge < -0.3 is 10.2 Å². The molecule has 9 heteroatoms. The van der Waals surface area contributed by atoms with Crippen LogP contribution in [0.25, 0.3) is 5.65 Å². The summed E-state index contributed by atoms with van der Waals surface area (Å²) in [5.74, 6) is 0.494. The first-order valence-corrected chi connectivity index (χ1v) is 10.8. The molecule has 1 aliphatic carbocycles. The van der Waals surface area contributed by atoms with Gasteiger partial charge >= 0.3 is 0 Å². The Labute approximate surface area is 152 Å². The number of carbonyl (C=O) groups is 1. The Hall–Kier alpha value is -2.16. The largest absolute Gasteiger partial charge is 0.364 e. The van der Waals surface area contributed by atoms with E-state index in [4.69, 9.17) is 0 Å². The number of carbonyl (C=O) groups excluding carboxylic acids is 1. The summed E-state index contributed by atoms with van der Waals surface area (Å²) in [6, 6.07) is 3.80. The van der Waals surface area contributed by atoms with Gasteiger partial charge in [-0.1, -0.05) is 12.8 Å². The summed E-state index contributed by atoms with van der Waals surface area (Å²) in [5, 5.41) is 7.79. The minimum absolute atomic E-state index is 0.0606. The number of hydrogen-bond donors (Lipinski definition) is 1. The van der Waals surface area contributed by atoms with Crippen LogP contribution in [-0.4, -0.2) is 64.0 Å². The number of rotatable bonds is 4. The van der Waals surface area contributed by atoms with Crippen molar-refractivity contribution in [3.63, 3.8) is 0 Å². The summed E-state index contributed by atoms with van der Waals surface area (Å²) in [4.78, 5) is 18.9. The summed E-state index contributed by atoms with van der Waals surface area (Å²) < 4.78 is 25.2.